The number of fused-ring (bicyclic) bond motifs is 3. The average molecular weight is 438 g/mol. The number of halogens is 1. The fourth-order valence-corrected chi connectivity index (χ4v) is 4.14. The van der Waals surface area contributed by atoms with Gasteiger partial charge in [-0.2, -0.15) is 0 Å². The van der Waals surface area contributed by atoms with E-state index in [0.29, 0.717) is 6.04 Å². The maximum Gasteiger partial charge on any atom is 0.225 e. The van der Waals surface area contributed by atoms with Gasteiger partial charge in [0.05, 0.1) is 21.9 Å². The second kappa shape index (κ2) is 7.01. The first-order valence-corrected chi connectivity index (χ1v) is 10.1. The van der Waals surface area contributed by atoms with Crippen molar-refractivity contribution in [1.29, 1.82) is 0 Å². The van der Waals surface area contributed by atoms with E-state index in [1.165, 1.54) is 5.56 Å². The third-order valence-electron chi connectivity index (χ3n) is 5.38. The lowest BCUT2D eigenvalue weighted by molar-refractivity contribution is 0.518. The Balaban J connectivity index is 1.43. The number of benzene rings is 1. The summed E-state index contributed by atoms with van der Waals surface area (Å²) >= 11 is 3.40. The molecule has 0 radical (unpaired) electrons. The van der Waals surface area contributed by atoms with E-state index >= 15 is 0 Å². The Labute approximate surface area is 172 Å². The maximum atomic E-state index is 4.47. The van der Waals surface area contributed by atoms with Crippen LogP contribution in [0.5, 0.6) is 0 Å². The van der Waals surface area contributed by atoms with E-state index in [-0.39, 0.29) is 0 Å². The van der Waals surface area contributed by atoms with E-state index in [1.807, 2.05) is 12.1 Å². The molecule has 1 saturated heterocycles. The number of nitrogens with one attached hydrogen (secondary N) is 1. The molecule has 2 aromatic heterocycles. The van der Waals surface area contributed by atoms with Gasteiger partial charge >= 0.3 is 0 Å². The SMILES string of the molecule is Cc1ccccc1-c1cc2c(nn1)NC[C@H]1CN(c3ncc(Br)cn3)CCN21. The highest BCUT2D eigenvalue weighted by atomic mass is 79.9. The first kappa shape index (κ1) is 17.4. The normalized spacial score (nSPS) is 18.3. The molecule has 2 aliphatic heterocycles. The highest BCUT2D eigenvalue weighted by molar-refractivity contribution is 9.10. The van der Waals surface area contributed by atoms with Crippen molar-refractivity contribution in [1.82, 2.24) is 20.2 Å². The van der Waals surface area contributed by atoms with E-state index in [1.54, 1.807) is 12.4 Å². The Morgan fingerprint density at radius 3 is 2.75 bits per heavy atom. The molecule has 0 aliphatic carbocycles. The molecule has 1 fully saturated rings. The molecule has 7 nitrogen and oxygen atoms in total. The van der Waals surface area contributed by atoms with Gasteiger partial charge in [0.15, 0.2) is 5.82 Å². The Morgan fingerprint density at radius 1 is 1.11 bits per heavy atom. The van der Waals surface area contributed by atoms with Crippen LogP contribution in [0.2, 0.25) is 0 Å². The van der Waals surface area contributed by atoms with E-state index in [9.17, 15) is 0 Å². The number of aryl methyl sites for hydroxylation is 1. The summed E-state index contributed by atoms with van der Waals surface area (Å²) < 4.78 is 0.894. The molecule has 1 atom stereocenters. The fraction of sp³-hybridized carbons (Fsp3) is 0.300. The summed E-state index contributed by atoms with van der Waals surface area (Å²) in [6.07, 6.45) is 3.60. The van der Waals surface area contributed by atoms with E-state index < -0.39 is 0 Å². The molecule has 1 N–H and O–H groups in total. The van der Waals surface area contributed by atoms with Gasteiger partial charge in [-0.3, -0.25) is 0 Å². The van der Waals surface area contributed by atoms with Gasteiger partial charge in [-0.15, -0.1) is 10.2 Å². The molecule has 5 rings (SSSR count). The third-order valence-corrected chi connectivity index (χ3v) is 5.79. The van der Waals surface area contributed by atoms with Crippen molar-refractivity contribution in [3.8, 4) is 11.3 Å². The molecule has 142 valence electrons. The molecule has 1 aromatic carbocycles. The molecular formula is C20H20BrN7. The summed E-state index contributed by atoms with van der Waals surface area (Å²) in [6.45, 7) is 5.58. The lowest BCUT2D eigenvalue weighted by Gasteiger charge is -2.45. The Hall–Kier alpha value is -2.74. The second-order valence-corrected chi connectivity index (χ2v) is 8.07. The first-order chi connectivity index (χ1) is 13.7. The molecule has 0 saturated carbocycles. The molecule has 4 heterocycles. The maximum absolute atomic E-state index is 4.47. The number of anilines is 3. The van der Waals surface area contributed by atoms with Gasteiger partial charge in [0, 0.05) is 44.1 Å². The van der Waals surface area contributed by atoms with Gasteiger partial charge in [0.25, 0.3) is 0 Å². The van der Waals surface area contributed by atoms with Crippen molar-refractivity contribution < 1.29 is 0 Å². The van der Waals surface area contributed by atoms with Crippen LogP contribution in [0.25, 0.3) is 11.3 Å². The lowest BCUT2D eigenvalue weighted by atomic mass is 10.0. The van der Waals surface area contributed by atoms with Crippen LogP contribution in [0.15, 0.2) is 47.2 Å². The monoisotopic (exact) mass is 437 g/mol. The molecule has 28 heavy (non-hydrogen) atoms. The van der Waals surface area contributed by atoms with Gasteiger partial charge in [-0.25, -0.2) is 9.97 Å². The predicted octanol–water partition coefficient (Wildman–Crippen LogP) is 3.13. The summed E-state index contributed by atoms with van der Waals surface area (Å²) in [7, 11) is 0. The standard InChI is InChI=1S/C20H20BrN7/c1-13-4-2-3-5-16(13)17-8-18-19(26-25-17)22-11-15-12-27(6-7-28(15)18)20-23-9-14(21)10-24-20/h2-5,8-10,15H,6-7,11-12H2,1H3,(H,22,26)/t15-/m0/s1. The minimum atomic E-state index is 0.336. The second-order valence-electron chi connectivity index (χ2n) is 7.15. The lowest BCUT2D eigenvalue weighted by Crippen LogP contribution is -2.58. The Bertz CT molecular complexity index is 1010. The van der Waals surface area contributed by atoms with Crippen molar-refractivity contribution in [2.75, 3.05) is 41.3 Å². The van der Waals surface area contributed by atoms with Gasteiger partial charge in [-0.05, 0) is 34.5 Å². The third kappa shape index (κ3) is 3.07. The largest absolute Gasteiger partial charge is 0.365 e. The number of piperazine rings is 1. The van der Waals surface area contributed by atoms with Crippen molar-refractivity contribution in [2.24, 2.45) is 0 Å². The number of rotatable bonds is 2. The minimum Gasteiger partial charge on any atom is -0.365 e. The van der Waals surface area contributed by atoms with Crippen LogP contribution in [-0.2, 0) is 0 Å². The van der Waals surface area contributed by atoms with Crippen molar-refractivity contribution in [3.05, 3.63) is 52.8 Å². The van der Waals surface area contributed by atoms with Crippen molar-refractivity contribution in [3.63, 3.8) is 0 Å². The van der Waals surface area contributed by atoms with Crippen molar-refractivity contribution >= 4 is 33.4 Å². The zero-order valence-corrected chi connectivity index (χ0v) is 17.1. The molecule has 0 spiro atoms. The molecule has 0 amide bonds. The molecule has 3 aromatic rings. The summed E-state index contributed by atoms with van der Waals surface area (Å²) in [6, 6.07) is 10.8. The Kier molecular flexibility index (Phi) is 4.35. The van der Waals surface area contributed by atoms with Crippen LogP contribution in [0.3, 0.4) is 0 Å². The topological polar surface area (TPSA) is 70.1 Å². The Morgan fingerprint density at radius 2 is 1.93 bits per heavy atom. The average Bonchev–Trinajstić information content (AvgIpc) is 2.74. The smallest absolute Gasteiger partial charge is 0.225 e. The van der Waals surface area contributed by atoms with Crippen LogP contribution in [-0.4, -0.2) is 52.4 Å². The zero-order valence-electron chi connectivity index (χ0n) is 15.5. The van der Waals surface area contributed by atoms with Gasteiger partial charge < -0.3 is 15.1 Å². The van der Waals surface area contributed by atoms with E-state index in [2.05, 4.69) is 76.3 Å². The highest BCUT2D eigenvalue weighted by Crippen LogP contribution is 2.34. The number of nitrogens with zero attached hydrogens (tertiary/aromatic N) is 6. The number of hydrogen-bond donors (Lipinski definition) is 1. The van der Waals surface area contributed by atoms with Gasteiger partial charge in [0.1, 0.15) is 0 Å². The quantitative estimate of drug-likeness (QED) is 0.659. The fourth-order valence-electron chi connectivity index (χ4n) is 3.93. The summed E-state index contributed by atoms with van der Waals surface area (Å²) in [5.74, 6) is 1.64. The molecule has 0 bridgehead atoms. The minimum absolute atomic E-state index is 0.336. The van der Waals surface area contributed by atoms with Gasteiger partial charge in [0.2, 0.25) is 5.95 Å². The van der Waals surface area contributed by atoms with E-state index in [0.717, 1.165) is 59.4 Å². The molecule has 0 unspecified atom stereocenters. The number of hydrogen-bond acceptors (Lipinski definition) is 7. The summed E-state index contributed by atoms with van der Waals surface area (Å²) in [5.41, 5.74) is 4.37. The number of aromatic nitrogens is 4. The van der Waals surface area contributed by atoms with Crippen LogP contribution >= 0.6 is 15.9 Å². The summed E-state index contributed by atoms with van der Waals surface area (Å²) in [4.78, 5) is 13.6. The van der Waals surface area contributed by atoms with Crippen LogP contribution in [0.1, 0.15) is 5.56 Å². The predicted molar refractivity (Wildman–Crippen MR) is 114 cm³/mol. The van der Waals surface area contributed by atoms with E-state index in [4.69, 9.17) is 0 Å². The first-order valence-electron chi connectivity index (χ1n) is 9.36. The zero-order chi connectivity index (χ0) is 19.1. The van der Waals surface area contributed by atoms with Crippen LogP contribution < -0.4 is 15.1 Å². The molecule has 8 heteroatoms. The van der Waals surface area contributed by atoms with Crippen molar-refractivity contribution in [2.45, 2.75) is 13.0 Å². The summed E-state index contributed by atoms with van der Waals surface area (Å²) in [5, 5.41) is 12.4. The van der Waals surface area contributed by atoms with Gasteiger partial charge in [-0.1, -0.05) is 24.3 Å². The van der Waals surface area contributed by atoms with Crippen LogP contribution in [0, 0.1) is 6.92 Å². The molecule has 2 aliphatic rings. The molecular weight excluding hydrogens is 418 g/mol. The van der Waals surface area contributed by atoms with Crippen LogP contribution in [0.4, 0.5) is 17.5 Å². The highest BCUT2D eigenvalue weighted by Gasteiger charge is 2.33.